The van der Waals surface area contributed by atoms with Crippen LogP contribution in [0.25, 0.3) is 0 Å². The maximum Gasteiger partial charge on any atom is 0.331 e. The summed E-state index contributed by atoms with van der Waals surface area (Å²) in [5, 5.41) is 21.2. The Bertz CT molecular complexity index is 879. The third kappa shape index (κ3) is 4.82. The Labute approximate surface area is 157 Å². The highest BCUT2D eigenvalue weighted by atomic mass is 32.2. The molecule has 0 atom stereocenters. The standard InChI is InChI=1S/C15H14N4O7S/c1-24-10-5-9(19(22)23)4-8(13(10)26-3)7-16-18-15-17-14(21)11(27-15)6-12(20)25-2/h4-7H,1-3H3,(H,17,18,21)/b11-6+,16-7?. The van der Waals surface area contributed by atoms with Gasteiger partial charge < -0.3 is 14.2 Å². The van der Waals surface area contributed by atoms with Crippen LogP contribution in [0.5, 0.6) is 11.5 Å². The summed E-state index contributed by atoms with van der Waals surface area (Å²) in [4.78, 5) is 33.5. The minimum atomic E-state index is -0.675. The molecule has 0 spiro atoms. The molecule has 1 aliphatic rings. The number of non-ortho nitro benzene ring substituents is 1. The molecule has 0 saturated carbocycles. The van der Waals surface area contributed by atoms with Crippen molar-refractivity contribution >= 4 is 40.7 Å². The van der Waals surface area contributed by atoms with Gasteiger partial charge in [-0.3, -0.25) is 20.2 Å². The number of rotatable bonds is 6. The van der Waals surface area contributed by atoms with Crippen LogP contribution in [0, 0.1) is 10.1 Å². The number of nitrogens with one attached hydrogen (secondary N) is 1. The first kappa shape index (κ1) is 19.9. The lowest BCUT2D eigenvalue weighted by Crippen LogP contribution is -2.19. The number of nitrogens with zero attached hydrogens (tertiary/aromatic N) is 3. The Balaban J connectivity index is 2.28. The minimum absolute atomic E-state index is 0.102. The van der Waals surface area contributed by atoms with Gasteiger partial charge in [0.05, 0.1) is 43.4 Å². The van der Waals surface area contributed by atoms with E-state index in [1.807, 2.05) is 0 Å². The van der Waals surface area contributed by atoms with Crippen molar-refractivity contribution in [3.05, 3.63) is 38.8 Å². The van der Waals surface area contributed by atoms with Gasteiger partial charge in [0.1, 0.15) is 0 Å². The summed E-state index contributed by atoms with van der Waals surface area (Å²) in [7, 11) is 3.92. The summed E-state index contributed by atoms with van der Waals surface area (Å²) >= 11 is 0.895. The monoisotopic (exact) mass is 394 g/mol. The number of ether oxygens (including phenoxy) is 3. The number of nitro benzene ring substituents is 1. The van der Waals surface area contributed by atoms with Crippen molar-refractivity contribution in [3.8, 4) is 11.5 Å². The summed E-state index contributed by atoms with van der Waals surface area (Å²) in [6, 6.07) is 2.47. The SMILES string of the molecule is COC(=O)/C=C1/S/C(=N\N=Cc2cc([N+](=O)[O-])cc(OC)c2OC)NC1=O. The predicted molar refractivity (Wildman–Crippen MR) is 97.1 cm³/mol. The van der Waals surface area contributed by atoms with Gasteiger partial charge in [-0.15, -0.1) is 5.10 Å². The number of methoxy groups -OCH3 is 3. The fraction of sp³-hybridized carbons (Fsp3) is 0.200. The largest absolute Gasteiger partial charge is 0.493 e. The van der Waals surface area contributed by atoms with Crippen LogP contribution in [-0.4, -0.2) is 49.5 Å². The van der Waals surface area contributed by atoms with Gasteiger partial charge in [0.25, 0.3) is 11.6 Å². The third-order valence-electron chi connectivity index (χ3n) is 3.15. The van der Waals surface area contributed by atoms with Crippen LogP contribution in [0.2, 0.25) is 0 Å². The first-order chi connectivity index (χ1) is 12.9. The van der Waals surface area contributed by atoms with Crippen molar-refractivity contribution in [2.75, 3.05) is 21.3 Å². The Morgan fingerprint density at radius 2 is 2.04 bits per heavy atom. The van der Waals surface area contributed by atoms with E-state index in [1.54, 1.807) is 0 Å². The lowest BCUT2D eigenvalue weighted by molar-refractivity contribution is -0.385. The van der Waals surface area contributed by atoms with Gasteiger partial charge >= 0.3 is 5.97 Å². The highest BCUT2D eigenvalue weighted by molar-refractivity contribution is 8.18. The minimum Gasteiger partial charge on any atom is -0.493 e. The average Bonchev–Trinajstić information content (AvgIpc) is 2.99. The number of carbonyl (C=O) groups is 2. The molecule has 2 rings (SSSR count). The Morgan fingerprint density at radius 1 is 1.30 bits per heavy atom. The van der Waals surface area contributed by atoms with Crippen molar-refractivity contribution in [2.45, 2.75) is 0 Å². The summed E-state index contributed by atoms with van der Waals surface area (Å²) < 4.78 is 14.7. The Hall–Kier alpha value is -3.41. The molecule has 0 aliphatic carbocycles. The van der Waals surface area contributed by atoms with Crippen molar-refractivity contribution in [2.24, 2.45) is 10.2 Å². The van der Waals surface area contributed by atoms with E-state index in [1.165, 1.54) is 39.7 Å². The number of amidine groups is 1. The zero-order valence-electron chi connectivity index (χ0n) is 14.4. The van der Waals surface area contributed by atoms with Gasteiger partial charge in [-0.2, -0.15) is 5.10 Å². The fourth-order valence-electron chi connectivity index (χ4n) is 1.96. The maximum absolute atomic E-state index is 11.7. The van der Waals surface area contributed by atoms with E-state index in [0.717, 1.165) is 17.8 Å². The van der Waals surface area contributed by atoms with E-state index in [0.29, 0.717) is 0 Å². The van der Waals surface area contributed by atoms with Crippen LogP contribution in [0.1, 0.15) is 5.56 Å². The average molecular weight is 394 g/mol. The number of esters is 1. The molecule has 0 aromatic heterocycles. The van der Waals surface area contributed by atoms with Crippen LogP contribution in [0.3, 0.4) is 0 Å². The number of hydrogen-bond donors (Lipinski definition) is 1. The van der Waals surface area contributed by atoms with E-state index in [9.17, 15) is 19.7 Å². The number of amides is 1. The molecule has 0 radical (unpaired) electrons. The summed E-state index contributed by atoms with van der Waals surface area (Å²) in [6.07, 6.45) is 2.25. The van der Waals surface area contributed by atoms with E-state index in [4.69, 9.17) is 9.47 Å². The summed E-state index contributed by atoms with van der Waals surface area (Å²) in [6.45, 7) is 0. The third-order valence-corrected chi connectivity index (χ3v) is 4.05. The molecule has 1 fully saturated rings. The smallest absolute Gasteiger partial charge is 0.331 e. The molecule has 11 nitrogen and oxygen atoms in total. The zero-order valence-corrected chi connectivity index (χ0v) is 15.2. The molecule has 12 heteroatoms. The van der Waals surface area contributed by atoms with E-state index in [2.05, 4.69) is 20.3 Å². The van der Waals surface area contributed by atoms with Gasteiger partial charge in [0.15, 0.2) is 16.7 Å². The molecule has 27 heavy (non-hydrogen) atoms. The molecular weight excluding hydrogens is 380 g/mol. The van der Waals surface area contributed by atoms with Gasteiger partial charge in [0, 0.05) is 17.7 Å². The van der Waals surface area contributed by atoms with Gasteiger partial charge in [-0.25, -0.2) is 4.79 Å². The molecule has 1 aromatic carbocycles. The van der Waals surface area contributed by atoms with Crippen LogP contribution >= 0.6 is 11.8 Å². The molecule has 1 saturated heterocycles. The number of thioether (sulfide) groups is 1. The van der Waals surface area contributed by atoms with Crippen LogP contribution in [-0.2, 0) is 14.3 Å². The van der Waals surface area contributed by atoms with Crippen molar-refractivity contribution in [1.29, 1.82) is 0 Å². The summed E-state index contributed by atoms with van der Waals surface area (Å²) in [5.41, 5.74) is 0.0427. The molecule has 1 aromatic rings. The molecule has 0 unspecified atom stereocenters. The molecule has 1 N–H and O–H groups in total. The molecule has 0 bridgehead atoms. The second-order valence-corrected chi connectivity index (χ2v) is 5.80. The maximum atomic E-state index is 11.7. The van der Waals surface area contributed by atoms with Gasteiger partial charge in [-0.1, -0.05) is 0 Å². The molecule has 1 heterocycles. The van der Waals surface area contributed by atoms with E-state index in [-0.39, 0.29) is 32.8 Å². The van der Waals surface area contributed by atoms with E-state index >= 15 is 0 Å². The Morgan fingerprint density at radius 3 is 2.63 bits per heavy atom. The second-order valence-electron chi connectivity index (χ2n) is 4.77. The normalized spacial score (nSPS) is 16.6. The Kier molecular flexibility index (Phi) is 6.49. The van der Waals surface area contributed by atoms with Crippen LogP contribution in [0.15, 0.2) is 33.3 Å². The van der Waals surface area contributed by atoms with Crippen molar-refractivity contribution < 1.29 is 28.7 Å². The van der Waals surface area contributed by atoms with Crippen molar-refractivity contribution in [3.63, 3.8) is 0 Å². The predicted octanol–water partition coefficient (Wildman–Crippen LogP) is 1.22. The first-order valence-corrected chi connectivity index (χ1v) is 8.01. The summed E-state index contributed by atoms with van der Waals surface area (Å²) in [5.74, 6) is -0.797. The molecule has 1 amide bonds. The highest BCUT2D eigenvalue weighted by Gasteiger charge is 2.25. The lowest BCUT2D eigenvalue weighted by Gasteiger charge is -2.09. The highest BCUT2D eigenvalue weighted by Crippen LogP contribution is 2.34. The molecule has 1 aliphatic heterocycles. The topological polar surface area (TPSA) is 142 Å². The first-order valence-electron chi connectivity index (χ1n) is 7.19. The van der Waals surface area contributed by atoms with Crippen LogP contribution in [0.4, 0.5) is 5.69 Å². The van der Waals surface area contributed by atoms with Gasteiger partial charge in [0.2, 0.25) is 0 Å². The second kappa shape index (κ2) is 8.80. The number of benzene rings is 1. The number of nitro groups is 1. The fourth-order valence-corrected chi connectivity index (χ4v) is 2.70. The number of hydrogen-bond acceptors (Lipinski definition) is 10. The van der Waals surface area contributed by atoms with Gasteiger partial charge in [-0.05, 0) is 11.8 Å². The van der Waals surface area contributed by atoms with Crippen LogP contribution < -0.4 is 14.8 Å². The molecular formula is C15H14N4O7S. The zero-order chi connectivity index (χ0) is 20.0. The van der Waals surface area contributed by atoms with Crippen molar-refractivity contribution in [1.82, 2.24) is 5.32 Å². The number of carbonyl (C=O) groups excluding carboxylic acids is 2. The lowest BCUT2D eigenvalue weighted by atomic mass is 10.1. The van der Waals surface area contributed by atoms with E-state index < -0.39 is 16.8 Å². The molecule has 142 valence electrons. The quantitative estimate of drug-likeness (QED) is 0.249.